The molecule has 104 valence electrons. The number of imidazole rings is 1. The van der Waals surface area contributed by atoms with Gasteiger partial charge in [0.15, 0.2) is 5.65 Å². The minimum atomic E-state index is 0.450. The molecule has 2 aromatic heterocycles. The van der Waals surface area contributed by atoms with Crippen molar-refractivity contribution in [2.24, 2.45) is 12.5 Å². The predicted octanol–water partition coefficient (Wildman–Crippen LogP) is 2.91. The smallest absolute Gasteiger partial charge is 0.158 e. The number of halogens is 1. The van der Waals surface area contributed by atoms with Crippen LogP contribution in [-0.4, -0.2) is 25.2 Å². The van der Waals surface area contributed by atoms with Crippen LogP contribution in [-0.2, 0) is 26.4 Å². The third-order valence-corrected chi connectivity index (χ3v) is 4.36. The largest absolute Gasteiger partial charge is 0.312 e. The molecule has 4 nitrogen and oxygen atoms in total. The molecule has 5 heteroatoms. The normalized spacial score (nSPS) is 17.3. The Kier molecular flexibility index (Phi) is 3.08. The van der Waals surface area contributed by atoms with Crippen molar-refractivity contribution in [1.29, 1.82) is 0 Å². The van der Waals surface area contributed by atoms with E-state index in [0.29, 0.717) is 11.3 Å². The number of alkyl halides is 1. The number of hydrogen-bond acceptors (Lipinski definition) is 2. The summed E-state index contributed by atoms with van der Waals surface area (Å²) in [7, 11) is 2.01. The molecule has 1 saturated carbocycles. The number of fused-ring (bicyclic) bond motifs is 1. The molecule has 0 bridgehead atoms. The quantitative estimate of drug-likeness (QED) is 0.790. The molecule has 0 unspecified atom stereocenters. The Morgan fingerprint density at radius 2 is 2.11 bits per heavy atom. The average molecular weight is 281 g/mol. The van der Waals surface area contributed by atoms with Gasteiger partial charge < -0.3 is 4.57 Å². The Balaban J connectivity index is 2.13. The maximum Gasteiger partial charge on any atom is 0.158 e. The van der Waals surface area contributed by atoms with Crippen molar-refractivity contribution < 1.29 is 0 Å². The van der Waals surface area contributed by atoms with Gasteiger partial charge in [0.25, 0.3) is 0 Å². The SMILES string of the molecule is CCc1nn(C)c2c1nc(CCCl)n2CC1(C)CC1. The van der Waals surface area contributed by atoms with E-state index >= 15 is 0 Å². The molecular formula is C14H21ClN4. The molecule has 0 aliphatic heterocycles. The first-order chi connectivity index (χ1) is 9.08. The minimum Gasteiger partial charge on any atom is -0.312 e. The van der Waals surface area contributed by atoms with Crippen LogP contribution in [0.2, 0.25) is 0 Å². The Hall–Kier alpha value is -1.03. The summed E-state index contributed by atoms with van der Waals surface area (Å²) >= 11 is 5.93. The van der Waals surface area contributed by atoms with Crippen LogP contribution in [0.15, 0.2) is 0 Å². The monoisotopic (exact) mass is 280 g/mol. The van der Waals surface area contributed by atoms with E-state index in [-0.39, 0.29) is 0 Å². The van der Waals surface area contributed by atoms with Crippen LogP contribution in [0.4, 0.5) is 0 Å². The van der Waals surface area contributed by atoms with Crippen LogP contribution in [0.5, 0.6) is 0 Å². The Labute approximate surface area is 118 Å². The van der Waals surface area contributed by atoms with E-state index in [1.165, 1.54) is 12.8 Å². The van der Waals surface area contributed by atoms with Crippen molar-refractivity contribution in [1.82, 2.24) is 19.3 Å². The summed E-state index contributed by atoms with van der Waals surface area (Å²) in [6.45, 7) is 5.52. The van der Waals surface area contributed by atoms with Gasteiger partial charge in [0.1, 0.15) is 11.3 Å². The van der Waals surface area contributed by atoms with E-state index < -0.39 is 0 Å². The van der Waals surface area contributed by atoms with Gasteiger partial charge in [-0.25, -0.2) is 4.98 Å². The zero-order valence-electron chi connectivity index (χ0n) is 11.9. The van der Waals surface area contributed by atoms with E-state index in [4.69, 9.17) is 16.6 Å². The third kappa shape index (κ3) is 2.16. The van der Waals surface area contributed by atoms with Crippen LogP contribution in [0.25, 0.3) is 11.2 Å². The fourth-order valence-corrected chi connectivity index (χ4v) is 2.89. The zero-order chi connectivity index (χ0) is 13.6. The number of hydrogen-bond donors (Lipinski definition) is 0. The van der Waals surface area contributed by atoms with Crippen LogP contribution >= 0.6 is 11.6 Å². The lowest BCUT2D eigenvalue weighted by molar-refractivity contribution is 0.456. The second-order valence-electron chi connectivity index (χ2n) is 5.96. The summed E-state index contributed by atoms with van der Waals surface area (Å²) in [6.07, 6.45) is 4.37. The average Bonchev–Trinajstić information content (AvgIpc) is 2.87. The molecule has 0 aromatic carbocycles. The number of aryl methyl sites for hydroxylation is 3. The molecule has 1 aliphatic carbocycles. The van der Waals surface area contributed by atoms with Gasteiger partial charge in [-0.15, -0.1) is 11.6 Å². The summed E-state index contributed by atoms with van der Waals surface area (Å²) in [5.41, 5.74) is 3.76. The van der Waals surface area contributed by atoms with E-state index in [0.717, 1.165) is 42.1 Å². The highest BCUT2D eigenvalue weighted by Crippen LogP contribution is 2.47. The molecule has 2 heterocycles. The van der Waals surface area contributed by atoms with E-state index in [1.807, 2.05) is 11.7 Å². The van der Waals surface area contributed by atoms with Gasteiger partial charge in [-0.1, -0.05) is 13.8 Å². The second-order valence-corrected chi connectivity index (χ2v) is 6.34. The second kappa shape index (κ2) is 4.51. The summed E-state index contributed by atoms with van der Waals surface area (Å²) in [5.74, 6) is 1.73. The summed E-state index contributed by atoms with van der Waals surface area (Å²) in [6, 6.07) is 0. The van der Waals surface area contributed by atoms with Gasteiger partial charge in [0, 0.05) is 25.9 Å². The molecule has 0 atom stereocenters. The molecule has 1 fully saturated rings. The Morgan fingerprint density at radius 1 is 1.37 bits per heavy atom. The molecule has 0 spiro atoms. The predicted molar refractivity (Wildman–Crippen MR) is 77.6 cm³/mol. The van der Waals surface area contributed by atoms with Gasteiger partial charge in [-0.05, 0) is 24.7 Å². The zero-order valence-corrected chi connectivity index (χ0v) is 12.7. The summed E-state index contributed by atoms with van der Waals surface area (Å²) < 4.78 is 4.32. The van der Waals surface area contributed by atoms with Crippen LogP contribution in [0, 0.1) is 5.41 Å². The van der Waals surface area contributed by atoms with Crippen LogP contribution in [0.3, 0.4) is 0 Å². The topological polar surface area (TPSA) is 35.6 Å². The lowest BCUT2D eigenvalue weighted by Gasteiger charge is -2.13. The van der Waals surface area contributed by atoms with Crippen LogP contribution < -0.4 is 0 Å². The molecule has 0 amide bonds. The fourth-order valence-electron chi connectivity index (χ4n) is 2.72. The van der Waals surface area contributed by atoms with Crippen molar-refractivity contribution in [2.75, 3.05) is 5.88 Å². The van der Waals surface area contributed by atoms with E-state index in [1.54, 1.807) is 0 Å². The van der Waals surface area contributed by atoms with Gasteiger partial charge in [0.05, 0.1) is 5.69 Å². The maximum atomic E-state index is 5.93. The van der Waals surface area contributed by atoms with Crippen molar-refractivity contribution in [3.63, 3.8) is 0 Å². The lowest BCUT2D eigenvalue weighted by Crippen LogP contribution is -2.14. The molecule has 1 aliphatic rings. The first-order valence-electron chi connectivity index (χ1n) is 7.05. The van der Waals surface area contributed by atoms with E-state index in [2.05, 4.69) is 23.5 Å². The number of aromatic nitrogens is 4. The number of rotatable bonds is 5. The molecular weight excluding hydrogens is 260 g/mol. The lowest BCUT2D eigenvalue weighted by atomic mass is 10.1. The van der Waals surface area contributed by atoms with Gasteiger partial charge in [-0.2, -0.15) is 5.10 Å². The van der Waals surface area contributed by atoms with Crippen molar-refractivity contribution in [3.8, 4) is 0 Å². The first-order valence-corrected chi connectivity index (χ1v) is 7.58. The fraction of sp³-hybridized carbons (Fsp3) is 0.714. The third-order valence-electron chi connectivity index (χ3n) is 4.17. The molecule has 0 saturated heterocycles. The first kappa shape index (κ1) is 13.0. The van der Waals surface area contributed by atoms with Gasteiger partial charge >= 0.3 is 0 Å². The van der Waals surface area contributed by atoms with Crippen molar-refractivity contribution in [3.05, 3.63) is 11.5 Å². The van der Waals surface area contributed by atoms with Gasteiger partial charge in [0.2, 0.25) is 0 Å². The molecule has 0 radical (unpaired) electrons. The molecule has 3 rings (SSSR count). The highest BCUT2D eigenvalue weighted by atomic mass is 35.5. The van der Waals surface area contributed by atoms with Crippen LogP contribution in [0.1, 0.15) is 38.2 Å². The summed E-state index contributed by atoms with van der Waals surface area (Å²) in [4.78, 5) is 4.80. The molecule has 19 heavy (non-hydrogen) atoms. The van der Waals surface area contributed by atoms with Crippen molar-refractivity contribution >= 4 is 22.8 Å². The molecule has 2 aromatic rings. The standard InChI is InChI=1S/C14H21ClN4/c1-4-10-12-13(18(3)17-10)19(9-14(2)6-7-14)11(16-12)5-8-15/h4-9H2,1-3H3. The summed E-state index contributed by atoms with van der Waals surface area (Å²) in [5, 5.41) is 4.58. The van der Waals surface area contributed by atoms with Gasteiger partial charge in [-0.3, -0.25) is 4.68 Å². The molecule has 0 N–H and O–H groups in total. The highest BCUT2D eigenvalue weighted by molar-refractivity contribution is 6.17. The Bertz CT molecular complexity index is 607. The number of nitrogens with zero attached hydrogens (tertiary/aromatic N) is 4. The van der Waals surface area contributed by atoms with Crippen molar-refractivity contribution in [2.45, 2.75) is 46.1 Å². The Morgan fingerprint density at radius 3 is 2.68 bits per heavy atom. The highest BCUT2D eigenvalue weighted by Gasteiger charge is 2.38. The minimum absolute atomic E-state index is 0.450. The van der Waals surface area contributed by atoms with E-state index in [9.17, 15) is 0 Å². The maximum absolute atomic E-state index is 5.93.